The van der Waals surface area contributed by atoms with Crippen LogP contribution in [0.2, 0.25) is 0 Å². The maximum absolute atomic E-state index is 12.6. The Balaban J connectivity index is 1.73. The minimum atomic E-state index is -0.354. The SMILES string of the molecule is CC1=C(C(=O)OCC(C)C)NC2CC(c3ccco3)CC(=O)C12. The largest absolute Gasteiger partial charge is 0.469 e. The zero-order valence-corrected chi connectivity index (χ0v) is 13.8. The van der Waals surface area contributed by atoms with Crippen LogP contribution in [0.1, 0.15) is 45.3 Å². The summed E-state index contributed by atoms with van der Waals surface area (Å²) in [6, 6.07) is 3.70. The number of nitrogens with one attached hydrogen (secondary N) is 1. The predicted molar refractivity (Wildman–Crippen MR) is 84.6 cm³/mol. The van der Waals surface area contributed by atoms with Crippen LogP contribution in [-0.2, 0) is 14.3 Å². The van der Waals surface area contributed by atoms with Gasteiger partial charge in [0.1, 0.15) is 17.2 Å². The van der Waals surface area contributed by atoms with E-state index in [0.717, 1.165) is 17.8 Å². The van der Waals surface area contributed by atoms with Crippen molar-refractivity contribution in [3.63, 3.8) is 0 Å². The Kier molecular flexibility index (Phi) is 4.28. The molecule has 0 bridgehead atoms. The Hall–Kier alpha value is -2.04. The predicted octanol–water partition coefficient (Wildman–Crippen LogP) is 2.79. The highest BCUT2D eigenvalue weighted by atomic mass is 16.5. The van der Waals surface area contributed by atoms with E-state index in [1.165, 1.54) is 0 Å². The van der Waals surface area contributed by atoms with Gasteiger partial charge in [-0.3, -0.25) is 4.79 Å². The normalized spacial score (nSPS) is 27.1. The Bertz CT molecular complexity index is 629. The van der Waals surface area contributed by atoms with E-state index in [0.29, 0.717) is 18.7 Å². The molecular formula is C18H23NO4. The summed E-state index contributed by atoms with van der Waals surface area (Å²) in [6.45, 7) is 6.23. The second-order valence-electron chi connectivity index (χ2n) is 6.90. The molecule has 124 valence electrons. The van der Waals surface area contributed by atoms with Crippen LogP contribution in [0.3, 0.4) is 0 Å². The number of esters is 1. The number of hydrogen-bond acceptors (Lipinski definition) is 5. The van der Waals surface area contributed by atoms with Gasteiger partial charge in [0, 0.05) is 18.4 Å². The molecule has 0 aromatic carbocycles. The van der Waals surface area contributed by atoms with Crippen LogP contribution in [0, 0.1) is 11.8 Å². The maximum atomic E-state index is 12.6. The van der Waals surface area contributed by atoms with Crippen LogP contribution in [0.4, 0.5) is 0 Å². The van der Waals surface area contributed by atoms with Crippen molar-refractivity contribution in [3.05, 3.63) is 35.4 Å². The minimum absolute atomic E-state index is 0.0482. The first-order valence-corrected chi connectivity index (χ1v) is 8.18. The lowest BCUT2D eigenvalue weighted by Crippen LogP contribution is -2.40. The molecule has 1 aromatic heterocycles. The van der Waals surface area contributed by atoms with Crippen molar-refractivity contribution in [1.29, 1.82) is 0 Å². The first-order chi connectivity index (χ1) is 11.0. The van der Waals surface area contributed by atoms with E-state index >= 15 is 0 Å². The summed E-state index contributed by atoms with van der Waals surface area (Å²) >= 11 is 0. The van der Waals surface area contributed by atoms with Gasteiger partial charge in [0.05, 0.1) is 18.8 Å². The van der Waals surface area contributed by atoms with Crippen LogP contribution in [0.5, 0.6) is 0 Å². The van der Waals surface area contributed by atoms with E-state index in [9.17, 15) is 9.59 Å². The molecule has 2 heterocycles. The fraction of sp³-hybridized carbons (Fsp3) is 0.556. The van der Waals surface area contributed by atoms with Gasteiger partial charge in [0.2, 0.25) is 0 Å². The number of furan rings is 1. The van der Waals surface area contributed by atoms with Crippen LogP contribution < -0.4 is 5.32 Å². The number of carbonyl (C=O) groups excluding carboxylic acids is 2. The number of rotatable bonds is 4. The number of fused-ring (bicyclic) bond motifs is 1. The lowest BCUT2D eigenvalue weighted by molar-refractivity contribution is -0.140. The van der Waals surface area contributed by atoms with Gasteiger partial charge in [0.15, 0.2) is 0 Å². The van der Waals surface area contributed by atoms with E-state index in [2.05, 4.69) is 5.32 Å². The highest BCUT2D eigenvalue weighted by Gasteiger charge is 2.45. The molecule has 1 N–H and O–H groups in total. The van der Waals surface area contributed by atoms with Crippen LogP contribution in [-0.4, -0.2) is 24.4 Å². The van der Waals surface area contributed by atoms with Crippen molar-refractivity contribution < 1.29 is 18.7 Å². The van der Waals surface area contributed by atoms with Crippen molar-refractivity contribution >= 4 is 11.8 Å². The molecule has 5 nitrogen and oxygen atoms in total. The molecule has 0 spiro atoms. The Morgan fingerprint density at radius 3 is 2.91 bits per heavy atom. The smallest absolute Gasteiger partial charge is 0.354 e. The Morgan fingerprint density at radius 2 is 2.26 bits per heavy atom. The Morgan fingerprint density at radius 1 is 1.48 bits per heavy atom. The van der Waals surface area contributed by atoms with E-state index in [4.69, 9.17) is 9.15 Å². The summed E-state index contributed by atoms with van der Waals surface area (Å²) in [5.41, 5.74) is 1.28. The van der Waals surface area contributed by atoms with E-state index in [-0.39, 0.29) is 35.5 Å². The van der Waals surface area contributed by atoms with E-state index < -0.39 is 0 Å². The molecule has 3 rings (SSSR count). The number of Topliss-reactive ketones (excluding diaryl/α,β-unsaturated/α-hetero) is 1. The first-order valence-electron chi connectivity index (χ1n) is 8.18. The molecule has 0 amide bonds. The third-order valence-corrected chi connectivity index (χ3v) is 4.62. The second-order valence-corrected chi connectivity index (χ2v) is 6.90. The third kappa shape index (κ3) is 3.05. The Labute approximate surface area is 136 Å². The monoisotopic (exact) mass is 317 g/mol. The first kappa shape index (κ1) is 15.8. The molecular weight excluding hydrogens is 294 g/mol. The fourth-order valence-corrected chi connectivity index (χ4v) is 3.54. The summed E-state index contributed by atoms with van der Waals surface area (Å²) in [5.74, 6) is 0.792. The standard InChI is InChI=1S/C18H23NO4/c1-10(2)9-23-18(21)17-11(3)16-13(19-17)7-12(8-14(16)20)15-5-4-6-22-15/h4-6,10,12-13,16,19H,7-9H2,1-3H3. The molecule has 0 radical (unpaired) electrons. The summed E-state index contributed by atoms with van der Waals surface area (Å²) < 4.78 is 10.8. The molecule has 23 heavy (non-hydrogen) atoms. The van der Waals surface area contributed by atoms with Gasteiger partial charge in [-0.25, -0.2) is 4.79 Å². The van der Waals surface area contributed by atoms with Gasteiger partial charge in [-0.05, 0) is 37.0 Å². The molecule has 3 atom stereocenters. The topological polar surface area (TPSA) is 68.5 Å². The van der Waals surface area contributed by atoms with Gasteiger partial charge in [-0.1, -0.05) is 13.8 Å². The van der Waals surface area contributed by atoms with E-state index in [1.54, 1.807) is 6.26 Å². The highest BCUT2D eigenvalue weighted by Crippen LogP contribution is 2.41. The molecule has 2 aliphatic rings. The number of carbonyl (C=O) groups is 2. The number of hydrogen-bond donors (Lipinski definition) is 1. The van der Waals surface area contributed by atoms with Gasteiger partial charge >= 0.3 is 5.97 Å². The van der Waals surface area contributed by atoms with Crippen molar-refractivity contribution in [2.45, 2.75) is 45.6 Å². The molecule has 1 saturated carbocycles. The average Bonchev–Trinajstić information content (AvgIpc) is 3.13. The molecule has 1 aromatic rings. The molecule has 1 aliphatic heterocycles. The molecule has 0 saturated heterocycles. The van der Waals surface area contributed by atoms with Crippen LogP contribution in [0.15, 0.2) is 34.1 Å². The maximum Gasteiger partial charge on any atom is 0.354 e. The molecule has 5 heteroatoms. The quantitative estimate of drug-likeness (QED) is 0.865. The van der Waals surface area contributed by atoms with Crippen molar-refractivity contribution in [1.82, 2.24) is 5.32 Å². The lowest BCUT2D eigenvalue weighted by atomic mass is 9.75. The zero-order valence-electron chi connectivity index (χ0n) is 13.8. The van der Waals surface area contributed by atoms with E-state index in [1.807, 2.05) is 32.9 Å². The van der Waals surface area contributed by atoms with Crippen molar-refractivity contribution in [2.24, 2.45) is 11.8 Å². The van der Waals surface area contributed by atoms with Gasteiger partial charge in [0.25, 0.3) is 0 Å². The second kappa shape index (κ2) is 6.22. The lowest BCUT2D eigenvalue weighted by Gasteiger charge is -2.30. The number of ketones is 1. The highest BCUT2D eigenvalue weighted by molar-refractivity contribution is 5.94. The summed E-state index contributed by atoms with van der Waals surface area (Å²) in [5, 5.41) is 3.23. The van der Waals surface area contributed by atoms with Crippen LogP contribution in [0.25, 0.3) is 0 Å². The number of ether oxygens (including phenoxy) is 1. The van der Waals surface area contributed by atoms with Crippen LogP contribution >= 0.6 is 0 Å². The molecule has 3 unspecified atom stereocenters. The van der Waals surface area contributed by atoms with Gasteiger partial charge in [-0.15, -0.1) is 0 Å². The average molecular weight is 317 g/mol. The van der Waals surface area contributed by atoms with Crippen molar-refractivity contribution in [2.75, 3.05) is 6.61 Å². The van der Waals surface area contributed by atoms with Gasteiger partial charge in [-0.2, -0.15) is 0 Å². The molecule has 1 aliphatic carbocycles. The fourth-order valence-electron chi connectivity index (χ4n) is 3.54. The zero-order chi connectivity index (χ0) is 16.6. The summed E-state index contributed by atoms with van der Waals surface area (Å²) in [7, 11) is 0. The minimum Gasteiger partial charge on any atom is -0.469 e. The summed E-state index contributed by atoms with van der Waals surface area (Å²) in [6.07, 6.45) is 2.87. The van der Waals surface area contributed by atoms with Crippen molar-refractivity contribution in [3.8, 4) is 0 Å². The third-order valence-electron chi connectivity index (χ3n) is 4.62. The van der Waals surface area contributed by atoms with Gasteiger partial charge < -0.3 is 14.5 Å². The summed E-state index contributed by atoms with van der Waals surface area (Å²) in [4.78, 5) is 24.8. The molecule has 1 fully saturated rings.